The smallest absolute Gasteiger partial charge is 0.357 e. The van der Waals surface area contributed by atoms with Crippen molar-refractivity contribution in [2.45, 2.75) is 4.90 Å². The Balaban J connectivity index is 2.42. The number of hydrogen-bond donors (Lipinski definition) is 2. The van der Waals surface area contributed by atoms with Crippen LogP contribution < -0.4 is 5.73 Å². The maximum Gasteiger partial charge on any atom is 0.357 e. The van der Waals surface area contributed by atoms with Crippen LogP contribution in [0.25, 0.3) is 16.5 Å². The van der Waals surface area contributed by atoms with Crippen molar-refractivity contribution in [1.29, 1.82) is 5.26 Å². The Hall–Kier alpha value is -3.35. The first-order valence-corrected chi connectivity index (χ1v) is 8.72. The van der Waals surface area contributed by atoms with Crippen LogP contribution in [0.1, 0.15) is 16.1 Å². The van der Waals surface area contributed by atoms with Crippen LogP contribution in [0.4, 0.5) is 5.69 Å². The van der Waals surface area contributed by atoms with E-state index in [1.165, 1.54) is 36.1 Å². The molecule has 0 aliphatic heterocycles. The second-order valence-electron chi connectivity index (χ2n) is 5.38. The van der Waals surface area contributed by atoms with Gasteiger partial charge in [0.15, 0.2) is 5.69 Å². The Morgan fingerprint density at radius 3 is 2.50 bits per heavy atom. The first kappa shape index (κ1) is 17.5. The molecule has 0 spiro atoms. The topological polar surface area (TPSA) is 135 Å². The number of nitrogens with two attached hydrogens (primary N) is 1. The molecule has 0 aliphatic carbocycles. The van der Waals surface area contributed by atoms with Crippen LogP contribution in [-0.4, -0.2) is 30.6 Å². The van der Waals surface area contributed by atoms with Crippen molar-refractivity contribution in [3.63, 3.8) is 0 Å². The molecule has 2 aromatic carbocycles. The molecule has 9 heteroatoms. The summed E-state index contributed by atoms with van der Waals surface area (Å²) in [7, 11) is -3.26. The van der Waals surface area contributed by atoms with Gasteiger partial charge in [0.1, 0.15) is 11.0 Å². The zero-order valence-electron chi connectivity index (χ0n) is 13.5. The van der Waals surface area contributed by atoms with E-state index < -0.39 is 16.1 Å². The van der Waals surface area contributed by atoms with E-state index >= 15 is 0 Å². The molecule has 3 aromatic rings. The molecular weight excluding hydrogens is 358 g/mol. The molecule has 1 aromatic heterocycles. The number of benzene rings is 2. The van der Waals surface area contributed by atoms with E-state index in [0.29, 0.717) is 11.1 Å². The van der Waals surface area contributed by atoms with E-state index in [1.54, 1.807) is 18.2 Å². The van der Waals surface area contributed by atoms with Gasteiger partial charge in [0.2, 0.25) is 0 Å². The summed E-state index contributed by atoms with van der Waals surface area (Å²) in [5, 5.41) is 9.91. The third-order valence-electron chi connectivity index (χ3n) is 3.94. The lowest BCUT2D eigenvalue weighted by molar-refractivity contribution is 0.0593. The third kappa shape index (κ3) is 2.67. The Bertz CT molecular complexity index is 1190. The maximum atomic E-state index is 12.2. The largest absolute Gasteiger partial charge is 0.464 e. The summed E-state index contributed by atoms with van der Waals surface area (Å²) in [4.78, 5) is 11.9. The Morgan fingerprint density at radius 1 is 1.23 bits per heavy atom. The van der Waals surface area contributed by atoms with Gasteiger partial charge in [0.05, 0.1) is 24.0 Å². The first-order valence-electron chi connectivity index (χ1n) is 7.28. The third-order valence-corrected chi connectivity index (χ3v) is 4.85. The lowest BCUT2D eigenvalue weighted by Crippen LogP contribution is -2.11. The number of nitrogens with zero attached hydrogens (tertiary/aromatic N) is 2. The highest BCUT2D eigenvalue weighted by Crippen LogP contribution is 2.31. The number of anilines is 1. The molecule has 0 fully saturated rings. The number of carbonyl (C=O) groups is 1. The molecule has 0 bridgehead atoms. The average Bonchev–Trinajstić information content (AvgIpc) is 2.95. The molecule has 0 saturated heterocycles. The van der Waals surface area contributed by atoms with Gasteiger partial charge < -0.3 is 15.0 Å². The van der Waals surface area contributed by atoms with Crippen LogP contribution in [0.15, 0.2) is 47.5 Å². The molecule has 0 amide bonds. The summed E-state index contributed by atoms with van der Waals surface area (Å²) < 4.78 is 38.8. The quantitative estimate of drug-likeness (QED) is 0.531. The number of aromatic nitrogens is 1. The second-order valence-corrected chi connectivity index (χ2v) is 6.77. The van der Waals surface area contributed by atoms with Crippen molar-refractivity contribution in [2.75, 3.05) is 12.8 Å². The van der Waals surface area contributed by atoms with E-state index in [2.05, 4.69) is 0 Å². The van der Waals surface area contributed by atoms with E-state index in [1.807, 2.05) is 6.07 Å². The molecule has 0 aliphatic rings. The van der Waals surface area contributed by atoms with Gasteiger partial charge >= 0.3 is 5.97 Å². The summed E-state index contributed by atoms with van der Waals surface area (Å²) in [6, 6.07) is 11.0. The van der Waals surface area contributed by atoms with Crippen LogP contribution in [0.2, 0.25) is 0 Å². The van der Waals surface area contributed by atoms with Crippen LogP contribution in [-0.2, 0) is 14.9 Å². The highest BCUT2D eigenvalue weighted by molar-refractivity contribution is 7.86. The number of carbonyl (C=O) groups excluding carboxylic acids is 1. The molecule has 1 heterocycles. The highest BCUT2D eigenvalue weighted by atomic mass is 32.2. The number of ether oxygens (including phenoxy) is 1. The van der Waals surface area contributed by atoms with Gasteiger partial charge in [0, 0.05) is 17.0 Å². The van der Waals surface area contributed by atoms with Crippen molar-refractivity contribution in [2.24, 2.45) is 0 Å². The Kier molecular flexibility index (Phi) is 4.15. The average molecular weight is 371 g/mol. The van der Waals surface area contributed by atoms with E-state index in [-0.39, 0.29) is 27.2 Å². The fraction of sp³-hybridized carbons (Fsp3) is 0.0588. The molecule has 0 unspecified atom stereocenters. The molecule has 0 saturated carbocycles. The van der Waals surface area contributed by atoms with Crippen LogP contribution in [0.3, 0.4) is 0 Å². The summed E-state index contributed by atoms with van der Waals surface area (Å²) in [5.41, 5.74) is 6.29. The van der Waals surface area contributed by atoms with Crippen molar-refractivity contribution in [1.82, 2.24) is 4.57 Å². The minimum absolute atomic E-state index is 0.0395. The van der Waals surface area contributed by atoms with Crippen LogP contribution in [0, 0.1) is 11.3 Å². The fourth-order valence-corrected chi connectivity index (χ4v) is 3.51. The van der Waals surface area contributed by atoms with Crippen LogP contribution in [0.5, 0.6) is 0 Å². The number of nitrogen functional groups attached to an aromatic ring is 1. The fourth-order valence-electron chi connectivity index (χ4n) is 2.80. The standard InChI is InChI=1S/C17H13N3O5S/c1-25-17(21)16-15(19)10(8-18)9-20(16)13-6-2-5-12-11(13)4-3-7-14(12)26(22,23)24/h2-7,9H,19H2,1H3,(H,22,23,24). The van der Waals surface area contributed by atoms with Gasteiger partial charge in [0.25, 0.3) is 10.1 Å². The summed E-state index contributed by atoms with van der Waals surface area (Å²) in [6.45, 7) is 0. The molecule has 0 atom stereocenters. The zero-order valence-corrected chi connectivity index (χ0v) is 14.3. The number of rotatable bonds is 3. The normalized spacial score (nSPS) is 11.3. The molecule has 3 rings (SSSR count). The zero-order chi connectivity index (χ0) is 19.1. The predicted octanol–water partition coefficient (Wildman–Crippen LogP) is 2.12. The van der Waals surface area contributed by atoms with Gasteiger partial charge in [-0.2, -0.15) is 13.7 Å². The molecule has 3 N–H and O–H groups in total. The van der Waals surface area contributed by atoms with Crippen molar-refractivity contribution in [3.05, 3.63) is 53.9 Å². The molecule has 8 nitrogen and oxygen atoms in total. The van der Waals surface area contributed by atoms with E-state index in [4.69, 9.17) is 10.5 Å². The Labute approximate surface area is 148 Å². The SMILES string of the molecule is COC(=O)c1c(N)c(C#N)cn1-c1cccc2c(S(=O)(=O)O)cccc12. The number of fused-ring (bicyclic) bond motifs is 1. The van der Waals surface area contributed by atoms with E-state index in [9.17, 15) is 23.0 Å². The summed E-state index contributed by atoms with van der Waals surface area (Å²) in [6.07, 6.45) is 1.37. The van der Waals surface area contributed by atoms with Gasteiger partial charge in [-0.1, -0.05) is 24.3 Å². The number of nitriles is 1. The van der Waals surface area contributed by atoms with E-state index in [0.717, 1.165) is 0 Å². The molecule has 26 heavy (non-hydrogen) atoms. The van der Waals surface area contributed by atoms with Crippen molar-refractivity contribution >= 4 is 32.5 Å². The van der Waals surface area contributed by atoms with Gasteiger partial charge in [-0.05, 0) is 12.1 Å². The highest BCUT2D eigenvalue weighted by Gasteiger charge is 2.23. The number of methoxy groups -OCH3 is 1. The second kappa shape index (κ2) is 6.18. The molecule has 132 valence electrons. The number of hydrogen-bond acceptors (Lipinski definition) is 6. The van der Waals surface area contributed by atoms with Gasteiger partial charge in [-0.15, -0.1) is 0 Å². The number of esters is 1. The summed E-state index contributed by atoms with van der Waals surface area (Å²) in [5.74, 6) is -0.744. The Morgan fingerprint density at radius 2 is 1.88 bits per heavy atom. The van der Waals surface area contributed by atoms with Crippen molar-refractivity contribution in [3.8, 4) is 11.8 Å². The lowest BCUT2D eigenvalue weighted by Gasteiger charge is -2.12. The van der Waals surface area contributed by atoms with Crippen LogP contribution >= 0.6 is 0 Å². The summed E-state index contributed by atoms with van der Waals surface area (Å²) >= 11 is 0. The van der Waals surface area contributed by atoms with Gasteiger partial charge in [-0.25, -0.2) is 4.79 Å². The van der Waals surface area contributed by atoms with Gasteiger partial charge in [-0.3, -0.25) is 4.55 Å². The molecular formula is C17H13N3O5S. The minimum atomic E-state index is -4.45. The monoisotopic (exact) mass is 371 g/mol. The van der Waals surface area contributed by atoms with Crippen molar-refractivity contribution < 1.29 is 22.5 Å². The predicted molar refractivity (Wildman–Crippen MR) is 93.6 cm³/mol. The maximum absolute atomic E-state index is 12.2. The lowest BCUT2D eigenvalue weighted by atomic mass is 10.1. The first-order chi connectivity index (χ1) is 12.3. The minimum Gasteiger partial charge on any atom is -0.464 e. The molecule has 0 radical (unpaired) electrons.